The summed E-state index contributed by atoms with van der Waals surface area (Å²) in [7, 11) is 0. The minimum atomic E-state index is -0.364. The zero-order valence-corrected chi connectivity index (χ0v) is 10.4. The van der Waals surface area contributed by atoms with Crippen molar-refractivity contribution in [2.45, 2.75) is 0 Å². The van der Waals surface area contributed by atoms with Gasteiger partial charge in [-0.15, -0.1) is 5.11 Å². The highest BCUT2D eigenvalue weighted by Crippen LogP contribution is 2.21. The van der Waals surface area contributed by atoms with Crippen LogP contribution in [0.1, 0.15) is 0 Å². The molecule has 0 N–H and O–H groups in total. The standard InChI is InChI=1S/C12H8FIN2/c13-11-3-1-2-4-12(11)16-15-10-7-5-9(14)6-8-10/h1-8H. The first kappa shape index (κ1) is 11.2. The predicted octanol–water partition coefficient (Wildman–Crippen LogP) is 4.85. The summed E-state index contributed by atoms with van der Waals surface area (Å²) in [4.78, 5) is 0. The molecule has 0 fully saturated rings. The molecule has 0 amide bonds. The first-order valence-corrected chi connectivity index (χ1v) is 5.75. The van der Waals surface area contributed by atoms with Crippen LogP contribution in [0.5, 0.6) is 0 Å². The second kappa shape index (κ2) is 5.16. The maximum Gasteiger partial charge on any atom is 0.150 e. The van der Waals surface area contributed by atoms with Crippen molar-refractivity contribution in [2.75, 3.05) is 0 Å². The third-order valence-electron chi connectivity index (χ3n) is 1.95. The van der Waals surface area contributed by atoms with E-state index in [9.17, 15) is 4.39 Å². The van der Waals surface area contributed by atoms with E-state index in [4.69, 9.17) is 0 Å². The molecule has 2 rings (SSSR count). The van der Waals surface area contributed by atoms with Gasteiger partial charge in [-0.05, 0) is 59.0 Å². The van der Waals surface area contributed by atoms with Gasteiger partial charge in [0.25, 0.3) is 0 Å². The van der Waals surface area contributed by atoms with Gasteiger partial charge in [-0.25, -0.2) is 4.39 Å². The third-order valence-corrected chi connectivity index (χ3v) is 2.67. The Kier molecular flexibility index (Phi) is 3.61. The van der Waals surface area contributed by atoms with Crippen molar-refractivity contribution in [3.8, 4) is 0 Å². The molecule has 0 bridgehead atoms. The lowest BCUT2D eigenvalue weighted by molar-refractivity contribution is 0.628. The van der Waals surface area contributed by atoms with E-state index in [1.54, 1.807) is 18.2 Å². The first-order valence-electron chi connectivity index (χ1n) is 4.67. The van der Waals surface area contributed by atoms with Gasteiger partial charge in [0.15, 0.2) is 5.82 Å². The molecule has 0 atom stereocenters. The van der Waals surface area contributed by atoms with Gasteiger partial charge in [-0.3, -0.25) is 0 Å². The molecule has 0 radical (unpaired) electrons. The third kappa shape index (κ3) is 2.85. The highest BCUT2D eigenvalue weighted by atomic mass is 127. The molecule has 0 saturated heterocycles. The van der Waals surface area contributed by atoms with Crippen molar-refractivity contribution < 1.29 is 4.39 Å². The van der Waals surface area contributed by atoms with Crippen LogP contribution in [0.3, 0.4) is 0 Å². The largest absolute Gasteiger partial charge is 0.205 e. The highest BCUT2D eigenvalue weighted by molar-refractivity contribution is 14.1. The van der Waals surface area contributed by atoms with Crippen LogP contribution in [0, 0.1) is 9.39 Å². The minimum absolute atomic E-state index is 0.251. The van der Waals surface area contributed by atoms with Crippen molar-refractivity contribution in [3.05, 3.63) is 57.9 Å². The zero-order chi connectivity index (χ0) is 11.4. The van der Waals surface area contributed by atoms with Crippen LogP contribution in [-0.2, 0) is 0 Å². The van der Waals surface area contributed by atoms with E-state index in [1.807, 2.05) is 24.3 Å². The van der Waals surface area contributed by atoms with Gasteiger partial charge in [0, 0.05) is 3.57 Å². The highest BCUT2D eigenvalue weighted by Gasteiger charge is 1.97. The molecule has 4 heteroatoms. The van der Waals surface area contributed by atoms with Gasteiger partial charge >= 0.3 is 0 Å². The Labute approximate surface area is 106 Å². The lowest BCUT2D eigenvalue weighted by Crippen LogP contribution is -1.72. The predicted molar refractivity (Wildman–Crippen MR) is 69.7 cm³/mol. The van der Waals surface area contributed by atoms with Crippen molar-refractivity contribution >= 4 is 34.0 Å². The number of hydrogen-bond donors (Lipinski definition) is 0. The van der Waals surface area contributed by atoms with E-state index in [1.165, 1.54) is 6.07 Å². The molecule has 2 aromatic carbocycles. The summed E-state index contributed by atoms with van der Waals surface area (Å²) in [6.45, 7) is 0. The van der Waals surface area contributed by atoms with Gasteiger partial charge in [0.05, 0.1) is 5.69 Å². The van der Waals surface area contributed by atoms with Crippen LogP contribution in [0.4, 0.5) is 15.8 Å². The number of halogens is 2. The number of benzene rings is 2. The van der Waals surface area contributed by atoms with E-state index >= 15 is 0 Å². The molecule has 16 heavy (non-hydrogen) atoms. The Balaban J connectivity index is 2.21. The molecular formula is C12H8FIN2. The second-order valence-corrected chi connectivity index (χ2v) is 4.37. The quantitative estimate of drug-likeness (QED) is 0.557. The average Bonchev–Trinajstić information content (AvgIpc) is 2.30. The normalized spacial score (nSPS) is 10.9. The van der Waals surface area contributed by atoms with Crippen LogP contribution in [0.25, 0.3) is 0 Å². The maximum absolute atomic E-state index is 13.2. The molecular weight excluding hydrogens is 318 g/mol. The number of hydrogen-bond acceptors (Lipinski definition) is 2. The van der Waals surface area contributed by atoms with Crippen LogP contribution in [-0.4, -0.2) is 0 Å². The molecule has 2 nitrogen and oxygen atoms in total. The summed E-state index contributed by atoms with van der Waals surface area (Å²) in [6, 6.07) is 13.8. The minimum Gasteiger partial charge on any atom is -0.205 e. The molecule has 0 heterocycles. The van der Waals surface area contributed by atoms with Gasteiger partial charge in [0.1, 0.15) is 5.69 Å². The van der Waals surface area contributed by atoms with Gasteiger partial charge < -0.3 is 0 Å². The van der Waals surface area contributed by atoms with Crippen LogP contribution in [0.2, 0.25) is 0 Å². The Morgan fingerprint density at radius 1 is 0.875 bits per heavy atom. The monoisotopic (exact) mass is 326 g/mol. The molecule has 0 aliphatic carbocycles. The zero-order valence-electron chi connectivity index (χ0n) is 8.27. The fraction of sp³-hybridized carbons (Fsp3) is 0. The molecule has 2 aromatic rings. The summed E-state index contributed by atoms with van der Waals surface area (Å²) in [5.74, 6) is -0.364. The molecule has 80 valence electrons. The first-order chi connectivity index (χ1) is 7.75. The van der Waals surface area contributed by atoms with Crippen molar-refractivity contribution in [3.63, 3.8) is 0 Å². The van der Waals surface area contributed by atoms with Crippen LogP contribution < -0.4 is 0 Å². The Morgan fingerprint density at radius 3 is 2.25 bits per heavy atom. The SMILES string of the molecule is Fc1ccccc1N=Nc1ccc(I)cc1. The summed E-state index contributed by atoms with van der Waals surface area (Å²) in [5, 5.41) is 7.81. The topological polar surface area (TPSA) is 24.7 Å². The van der Waals surface area contributed by atoms with Gasteiger partial charge in [0.2, 0.25) is 0 Å². The van der Waals surface area contributed by atoms with E-state index in [0.717, 1.165) is 3.57 Å². The second-order valence-electron chi connectivity index (χ2n) is 3.13. The van der Waals surface area contributed by atoms with Gasteiger partial charge in [-0.1, -0.05) is 12.1 Å². The number of rotatable bonds is 2. The molecule has 0 saturated carbocycles. The maximum atomic E-state index is 13.2. The number of nitrogens with zero attached hydrogens (tertiary/aromatic N) is 2. The molecule has 0 aromatic heterocycles. The van der Waals surface area contributed by atoms with Crippen molar-refractivity contribution in [1.82, 2.24) is 0 Å². The summed E-state index contributed by atoms with van der Waals surface area (Å²) in [5.41, 5.74) is 0.963. The molecule has 0 spiro atoms. The summed E-state index contributed by atoms with van der Waals surface area (Å²) in [6.07, 6.45) is 0. The van der Waals surface area contributed by atoms with E-state index in [0.29, 0.717) is 5.69 Å². The fourth-order valence-electron chi connectivity index (χ4n) is 1.15. The molecule has 0 unspecified atom stereocenters. The van der Waals surface area contributed by atoms with Crippen LogP contribution in [0.15, 0.2) is 58.8 Å². The van der Waals surface area contributed by atoms with Crippen LogP contribution >= 0.6 is 22.6 Å². The van der Waals surface area contributed by atoms with E-state index in [-0.39, 0.29) is 11.5 Å². The lowest BCUT2D eigenvalue weighted by atomic mass is 10.3. The van der Waals surface area contributed by atoms with Crippen molar-refractivity contribution in [2.24, 2.45) is 10.2 Å². The lowest BCUT2D eigenvalue weighted by Gasteiger charge is -1.95. The Hall–Kier alpha value is -1.30. The van der Waals surface area contributed by atoms with E-state index in [2.05, 4.69) is 32.8 Å². The Morgan fingerprint density at radius 2 is 1.56 bits per heavy atom. The Bertz CT molecular complexity index is 509. The van der Waals surface area contributed by atoms with Gasteiger partial charge in [-0.2, -0.15) is 5.11 Å². The summed E-state index contributed by atoms with van der Waals surface area (Å²) >= 11 is 2.21. The number of azo groups is 1. The summed E-state index contributed by atoms with van der Waals surface area (Å²) < 4.78 is 14.3. The molecule has 0 aliphatic heterocycles. The average molecular weight is 326 g/mol. The smallest absolute Gasteiger partial charge is 0.150 e. The van der Waals surface area contributed by atoms with E-state index < -0.39 is 0 Å². The van der Waals surface area contributed by atoms with Crippen molar-refractivity contribution in [1.29, 1.82) is 0 Å². The molecule has 0 aliphatic rings. The fourth-order valence-corrected chi connectivity index (χ4v) is 1.51.